The number of rotatable bonds is 7. The molecule has 3 aromatic rings. The van der Waals surface area contributed by atoms with Crippen LogP contribution in [0.3, 0.4) is 0 Å². The lowest BCUT2D eigenvalue weighted by molar-refractivity contribution is 0.194. The van der Waals surface area contributed by atoms with Crippen molar-refractivity contribution in [3.05, 3.63) is 70.6 Å². The fourth-order valence-corrected chi connectivity index (χ4v) is 3.85. The van der Waals surface area contributed by atoms with E-state index in [1.54, 1.807) is 6.20 Å². The third kappa shape index (κ3) is 5.18. The molecule has 32 heavy (non-hydrogen) atoms. The van der Waals surface area contributed by atoms with Gasteiger partial charge in [-0.15, -0.1) is 0 Å². The monoisotopic (exact) mass is 447 g/mol. The number of hydrogen-bond acceptors (Lipinski definition) is 6. The Bertz CT molecular complexity index is 1120. The smallest absolute Gasteiger partial charge is 0.237 e. The van der Waals surface area contributed by atoms with E-state index >= 15 is 0 Å². The van der Waals surface area contributed by atoms with Crippen LogP contribution < -0.4 is 15.4 Å². The number of fused-ring (bicyclic) bond motifs is 1. The molecule has 0 bridgehead atoms. The molecule has 0 amide bonds. The van der Waals surface area contributed by atoms with Crippen molar-refractivity contribution < 1.29 is 4.74 Å². The minimum Gasteiger partial charge on any atom is -0.470 e. The zero-order valence-electron chi connectivity index (χ0n) is 18.2. The minimum atomic E-state index is -0.00241. The fraction of sp³-hybridized carbons (Fsp3) is 0.320. The largest absolute Gasteiger partial charge is 0.470 e. The number of benzene rings is 1. The first-order chi connectivity index (χ1) is 15.5. The standard InChI is InChI=1S/C25H26ClN5O/c1-16(2)22-8-7-21(24(26)31-22)19-11-23-25(30-13-19)32-20(15-29-23)14-28-10-9-17-3-5-18(12-27)6-4-17/h3-8,11,13,16,20,28-29H,9-10,14-15H2,1-2H3. The maximum Gasteiger partial charge on any atom is 0.237 e. The number of anilines is 1. The Balaban J connectivity index is 1.32. The summed E-state index contributed by atoms with van der Waals surface area (Å²) in [6.45, 7) is 6.44. The normalized spacial score (nSPS) is 14.9. The molecule has 1 unspecified atom stereocenters. The van der Waals surface area contributed by atoms with Crippen molar-refractivity contribution in [2.24, 2.45) is 0 Å². The molecule has 0 fully saturated rings. The summed E-state index contributed by atoms with van der Waals surface area (Å²) in [5, 5.41) is 16.2. The Labute approximate surface area is 193 Å². The Morgan fingerprint density at radius 3 is 2.78 bits per heavy atom. The summed E-state index contributed by atoms with van der Waals surface area (Å²) < 4.78 is 6.07. The van der Waals surface area contributed by atoms with Crippen LogP contribution in [0, 0.1) is 11.3 Å². The molecule has 1 aliphatic heterocycles. The van der Waals surface area contributed by atoms with Gasteiger partial charge in [0.25, 0.3) is 0 Å². The van der Waals surface area contributed by atoms with E-state index < -0.39 is 0 Å². The van der Waals surface area contributed by atoms with Gasteiger partial charge in [-0.05, 0) is 54.8 Å². The third-order valence-corrected chi connectivity index (χ3v) is 5.76. The minimum absolute atomic E-state index is 0.00241. The van der Waals surface area contributed by atoms with Crippen LogP contribution in [0.25, 0.3) is 11.1 Å². The van der Waals surface area contributed by atoms with Gasteiger partial charge in [0, 0.05) is 29.6 Å². The van der Waals surface area contributed by atoms with E-state index in [0.717, 1.165) is 42.0 Å². The van der Waals surface area contributed by atoms with Gasteiger partial charge in [0.1, 0.15) is 11.3 Å². The van der Waals surface area contributed by atoms with E-state index in [9.17, 15) is 0 Å². The molecule has 4 rings (SSSR count). The second kappa shape index (κ2) is 9.99. The summed E-state index contributed by atoms with van der Waals surface area (Å²) in [4.78, 5) is 9.02. The number of halogens is 1. The number of aromatic nitrogens is 2. The van der Waals surface area contributed by atoms with Gasteiger partial charge in [-0.1, -0.05) is 37.6 Å². The SMILES string of the molecule is CC(C)c1ccc(-c2cnc3c(c2)NCC(CNCCc2ccc(C#N)cc2)O3)c(Cl)n1. The highest BCUT2D eigenvalue weighted by Crippen LogP contribution is 2.34. The van der Waals surface area contributed by atoms with E-state index in [4.69, 9.17) is 21.6 Å². The fourth-order valence-electron chi connectivity index (χ4n) is 3.58. The van der Waals surface area contributed by atoms with Gasteiger partial charge >= 0.3 is 0 Å². The molecule has 6 nitrogen and oxygen atoms in total. The highest BCUT2D eigenvalue weighted by molar-refractivity contribution is 6.32. The van der Waals surface area contributed by atoms with Crippen molar-refractivity contribution in [3.8, 4) is 23.1 Å². The van der Waals surface area contributed by atoms with Crippen LogP contribution in [0.5, 0.6) is 5.88 Å². The molecular formula is C25H26ClN5O. The van der Waals surface area contributed by atoms with Gasteiger partial charge < -0.3 is 15.4 Å². The third-order valence-electron chi connectivity index (χ3n) is 5.47. The lowest BCUT2D eigenvalue weighted by Gasteiger charge is -2.27. The first kappa shape index (κ1) is 22.1. The second-order valence-corrected chi connectivity index (χ2v) is 8.55. The summed E-state index contributed by atoms with van der Waals surface area (Å²) in [5.74, 6) is 0.926. The topological polar surface area (TPSA) is 82.9 Å². The van der Waals surface area contributed by atoms with Crippen LogP contribution >= 0.6 is 11.6 Å². The Kier molecular flexibility index (Phi) is 6.89. The van der Waals surface area contributed by atoms with Crippen LogP contribution in [-0.4, -0.2) is 35.7 Å². The van der Waals surface area contributed by atoms with Crippen molar-refractivity contribution in [1.29, 1.82) is 5.26 Å². The molecule has 1 aliphatic rings. The Hall–Kier alpha value is -3.14. The van der Waals surface area contributed by atoms with Crippen LogP contribution in [0.15, 0.2) is 48.7 Å². The first-order valence-corrected chi connectivity index (χ1v) is 11.2. The molecule has 0 saturated carbocycles. The molecular weight excluding hydrogens is 422 g/mol. The second-order valence-electron chi connectivity index (χ2n) is 8.19. The summed E-state index contributed by atoms with van der Waals surface area (Å²) in [5.41, 5.74) is 5.49. The number of pyridine rings is 2. The van der Waals surface area contributed by atoms with E-state index in [2.05, 4.69) is 40.5 Å². The van der Waals surface area contributed by atoms with Crippen LogP contribution in [0.2, 0.25) is 5.15 Å². The van der Waals surface area contributed by atoms with Crippen molar-refractivity contribution >= 4 is 17.3 Å². The van der Waals surface area contributed by atoms with Crippen molar-refractivity contribution in [2.45, 2.75) is 32.3 Å². The molecule has 2 aromatic heterocycles. The number of ether oxygens (including phenoxy) is 1. The predicted molar refractivity (Wildman–Crippen MR) is 127 cm³/mol. The van der Waals surface area contributed by atoms with Gasteiger partial charge in [-0.25, -0.2) is 9.97 Å². The molecule has 3 heterocycles. The average Bonchev–Trinajstić information content (AvgIpc) is 2.81. The molecule has 2 N–H and O–H groups in total. The van der Waals surface area contributed by atoms with Crippen molar-refractivity contribution in [1.82, 2.24) is 15.3 Å². The predicted octanol–water partition coefficient (Wildman–Crippen LogP) is 4.80. The Morgan fingerprint density at radius 1 is 1.25 bits per heavy atom. The number of nitriles is 1. The average molecular weight is 448 g/mol. The number of nitrogens with one attached hydrogen (secondary N) is 2. The highest BCUT2D eigenvalue weighted by Gasteiger charge is 2.21. The summed E-state index contributed by atoms with van der Waals surface area (Å²) in [6, 6.07) is 15.8. The lowest BCUT2D eigenvalue weighted by atomic mass is 10.1. The van der Waals surface area contributed by atoms with E-state index in [-0.39, 0.29) is 6.10 Å². The zero-order valence-corrected chi connectivity index (χ0v) is 19.0. The van der Waals surface area contributed by atoms with E-state index in [1.807, 2.05) is 42.5 Å². The molecule has 7 heteroatoms. The van der Waals surface area contributed by atoms with Gasteiger partial charge in [-0.3, -0.25) is 0 Å². The lowest BCUT2D eigenvalue weighted by Crippen LogP contribution is -2.40. The zero-order chi connectivity index (χ0) is 22.5. The summed E-state index contributed by atoms with van der Waals surface area (Å²) in [6.07, 6.45) is 2.67. The van der Waals surface area contributed by atoms with Gasteiger partial charge in [0.05, 0.1) is 23.9 Å². The quantitative estimate of drug-likeness (QED) is 0.400. The van der Waals surface area contributed by atoms with Crippen molar-refractivity contribution in [2.75, 3.05) is 25.0 Å². The first-order valence-electron chi connectivity index (χ1n) is 10.8. The molecule has 1 aromatic carbocycles. The van der Waals surface area contributed by atoms with Crippen LogP contribution in [0.4, 0.5) is 5.69 Å². The van der Waals surface area contributed by atoms with Crippen LogP contribution in [0.1, 0.15) is 36.6 Å². The molecule has 1 atom stereocenters. The molecule has 0 saturated heterocycles. The maximum absolute atomic E-state index is 8.87. The maximum atomic E-state index is 8.87. The van der Waals surface area contributed by atoms with Gasteiger partial charge in [-0.2, -0.15) is 5.26 Å². The van der Waals surface area contributed by atoms with Gasteiger partial charge in [0.2, 0.25) is 5.88 Å². The molecule has 0 spiro atoms. The highest BCUT2D eigenvalue weighted by atomic mass is 35.5. The number of nitrogens with zero attached hydrogens (tertiary/aromatic N) is 3. The molecule has 164 valence electrons. The van der Waals surface area contributed by atoms with E-state index in [0.29, 0.717) is 29.1 Å². The van der Waals surface area contributed by atoms with E-state index in [1.165, 1.54) is 5.56 Å². The van der Waals surface area contributed by atoms with Crippen molar-refractivity contribution in [3.63, 3.8) is 0 Å². The Morgan fingerprint density at radius 2 is 2.06 bits per heavy atom. The van der Waals surface area contributed by atoms with Gasteiger partial charge in [0.15, 0.2) is 0 Å². The molecule has 0 radical (unpaired) electrons. The van der Waals surface area contributed by atoms with Crippen LogP contribution in [-0.2, 0) is 6.42 Å². The number of hydrogen-bond donors (Lipinski definition) is 2. The summed E-state index contributed by atoms with van der Waals surface area (Å²) >= 11 is 6.43. The molecule has 0 aliphatic carbocycles. The summed E-state index contributed by atoms with van der Waals surface area (Å²) in [7, 11) is 0.